The third-order valence-corrected chi connectivity index (χ3v) is 2.24. The number of nitrogens with zero attached hydrogens (tertiary/aromatic N) is 1. The van der Waals surface area contributed by atoms with Crippen LogP contribution in [0.1, 0.15) is 30.0 Å². The summed E-state index contributed by atoms with van der Waals surface area (Å²) < 4.78 is 10.8. The summed E-state index contributed by atoms with van der Waals surface area (Å²) in [5.41, 5.74) is 3.00. The number of carbonyl (C=O) groups is 1. The number of nitrogens with one attached hydrogen (secondary N) is 1. The van der Waals surface area contributed by atoms with Crippen LogP contribution in [-0.2, 0) is 16.1 Å². The summed E-state index contributed by atoms with van der Waals surface area (Å²) in [5, 5.41) is 0. The van der Waals surface area contributed by atoms with Gasteiger partial charge in [0.15, 0.2) is 0 Å². The Morgan fingerprint density at radius 3 is 2.79 bits per heavy atom. The molecule has 0 aliphatic carbocycles. The lowest BCUT2D eigenvalue weighted by Gasteiger charge is -2.08. The molecule has 0 atom stereocenters. The van der Waals surface area contributed by atoms with Gasteiger partial charge in [0.2, 0.25) is 0 Å². The number of nitrogen functional groups attached to an aromatic ring is 1. The van der Waals surface area contributed by atoms with Gasteiger partial charge in [-0.25, -0.2) is 10.8 Å². The molecular weight excluding hydrogens is 246 g/mol. The third kappa shape index (κ3) is 6.28. The van der Waals surface area contributed by atoms with Crippen LogP contribution in [0.15, 0.2) is 18.2 Å². The van der Waals surface area contributed by atoms with Gasteiger partial charge in [-0.15, -0.1) is 0 Å². The van der Waals surface area contributed by atoms with Crippen LogP contribution >= 0.6 is 0 Å². The van der Waals surface area contributed by atoms with Crippen molar-refractivity contribution in [2.45, 2.75) is 20.5 Å². The molecular formula is C13H21N3O3. The number of amides is 1. The highest BCUT2D eigenvalue weighted by Gasteiger charge is 2.05. The number of rotatable bonds is 8. The summed E-state index contributed by atoms with van der Waals surface area (Å²) in [5.74, 6) is 5.15. The first kappa shape index (κ1) is 15.6. The number of nitrogens with two attached hydrogens (primary N) is 1. The van der Waals surface area contributed by atoms with Crippen LogP contribution in [0, 0.1) is 5.92 Å². The van der Waals surface area contributed by atoms with Gasteiger partial charge in [0.1, 0.15) is 5.69 Å². The van der Waals surface area contributed by atoms with E-state index in [0.717, 1.165) is 6.61 Å². The highest BCUT2D eigenvalue weighted by Crippen LogP contribution is 2.01. The van der Waals surface area contributed by atoms with E-state index in [1.54, 1.807) is 18.2 Å². The van der Waals surface area contributed by atoms with Crippen LogP contribution in [-0.4, -0.2) is 30.7 Å². The Kier molecular flexibility index (Phi) is 7.02. The number of pyridine rings is 1. The van der Waals surface area contributed by atoms with Gasteiger partial charge in [-0.05, 0) is 18.1 Å². The van der Waals surface area contributed by atoms with E-state index in [2.05, 4.69) is 18.8 Å². The van der Waals surface area contributed by atoms with E-state index in [9.17, 15) is 4.79 Å². The second-order valence-electron chi connectivity index (χ2n) is 4.51. The molecule has 3 N–H and O–H groups in total. The topological polar surface area (TPSA) is 86.5 Å². The number of hydrogen-bond donors (Lipinski definition) is 2. The van der Waals surface area contributed by atoms with Crippen molar-refractivity contribution in [3.8, 4) is 0 Å². The minimum atomic E-state index is -0.415. The van der Waals surface area contributed by atoms with Gasteiger partial charge < -0.3 is 9.47 Å². The molecule has 1 heterocycles. The Hall–Kier alpha value is -1.50. The molecule has 6 nitrogen and oxygen atoms in total. The summed E-state index contributed by atoms with van der Waals surface area (Å²) in [6, 6.07) is 5.13. The summed E-state index contributed by atoms with van der Waals surface area (Å²) in [7, 11) is 0. The van der Waals surface area contributed by atoms with E-state index in [1.807, 2.05) is 5.43 Å². The van der Waals surface area contributed by atoms with Crippen LogP contribution in [0.25, 0.3) is 0 Å². The van der Waals surface area contributed by atoms with Crippen molar-refractivity contribution >= 4 is 5.91 Å². The lowest BCUT2D eigenvalue weighted by atomic mass is 10.2. The monoisotopic (exact) mass is 267 g/mol. The Bertz CT molecular complexity index is 396. The summed E-state index contributed by atoms with van der Waals surface area (Å²) in [6.07, 6.45) is 0. The molecule has 6 heteroatoms. The second-order valence-corrected chi connectivity index (χ2v) is 4.51. The maximum atomic E-state index is 11.3. The van der Waals surface area contributed by atoms with Crippen molar-refractivity contribution < 1.29 is 14.3 Å². The quantitative estimate of drug-likeness (QED) is 0.316. The Morgan fingerprint density at radius 1 is 1.37 bits per heavy atom. The van der Waals surface area contributed by atoms with Crippen LogP contribution in [0.3, 0.4) is 0 Å². The Morgan fingerprint density at radius 2 is 2.11 bits per heavy atom. The van der Waals surface area contributed by atoms with Crippen LogP contribution < -0.4 is 11.3 Å². The highest BCUT2D eigenvalue weighted by atomic mass is 16.5. The standard InChI is InChI=1S/C13H21N3O3/c1-10(2)8-18-6-7-19-9-11-4-3-5-12(15-11)13(17)16-14/h3-5,10H,6-9,14H2,1-2H3,(H,16,17). The first-order chi connectivity index (χ1) is 9.13. The van der Waals surface area contributed by atoms with Crippen molar-refractivity contribution in [2.75, 3.05) is 19.8 Å². The first-order valence-corrected chi connectivity index (χ1v) is 6.26. The van der Waals surface area contributed by atoms with Crippen LogP contribution in [0.4, 0.5) is 0 Å². The molecule has 0 radical (unpaired) electrons. The van der Waals surface area contributed by atoms with Crippen molar-refractivity contribution in [3.05, 3.63) is 29.6 Å². The second kappa shape index (κ2) is 8.58. The number of hydrogen-bond acceptors (Lipinski definition) is 5. The maximum Gasteiger partial charge on any atom is 0.283 e. The third-order valence-electron chi connectivity index (χ3n) is 2.24. The smallest absolute Gasteiger partial charge is 0.283 e. The minimum absolute atomic E-state index is 0.277. The zero-order valence-corrected chi connectivity index (χ0v) is 11.4. The molecule has 0 aromatic carbocycles. The maximum absolute atomic E-state index is 11.3. The number of hydrazine groups is 1. The fourth-order valence-corrected chi connectivity index (χ4v) is 1.37. The normalized spacial score (nSPS) is 10.7. The predicted molar refractivity (Wildman–Crippen MR) is 71.2 cm³/mol. The summed E-state index contributed by atoms with van der Waals surface area (Å²) in [6.45, 7) is 6.32. The first-order valence-electron chi connectivity index (χ1n) is 6.26. The van der Waals surface area contributed by atoms with Gasteiger partial charge in [-0.1, -0.05) is 19.9 Å². The number of aromatic nitrogens is 1. The zero-order valence-electron chi connectivity index (χ0n) is 11.4. The average molecular weight is 267 g/mol. The van der Waals surface area contributed by atoms with E-state index in [4.69, 9.17) is 15.3 Å². The minimum Gasteiger partial charge on any atom is -0.379 e. The van der Waals surface area contributed by atoms with Gasteiger partial charge >= 0.3 is 0 Å². The molecule has 1 aromatic heterocycles. The van der Waals surface area contributed by atoms with E-state index in [-0.39, 0.29) is 5.69 Å². The molecule has 0 unspecified atom stereocenters. The summed E-state index contributed by atoms with van der Waals surface area (Å²) in [4.78, 5) is 15.4. The van der Waals surface area contributed by atoms with Crippen LogP contribution in [0.5, 0.6) is 0 Å². The van der Waals surface area contributed by atoms with Crippen molar-refractivity contribution in [1.82, 2.24) is 10.4 Å². The van der Waals surface area contributed by atoms with Gasteiger partial charge in [-0.2, -0.15) is 0 Å². The van der Waals surface area contributed by atoms with Gasteiger partial charge in [0.25, 0.3) is 5.91 Å². The van der Waals surface area contributed by atoms with Gasteiger partial charge in [0, 0.05) is 6.61 Å². The molecule has 1 aromatic rings. The van der Waals surface area contributed by atoms with Crippen molar-refractivity contribution in [3.63, 3.8) is 0 Å². The molecule has 0 aliphatic rings. The molecule has 0 saturated heterocycles. The molecule has 0 saturated carbocycles. The van der Waals surface area contributed by atoms with E-state index >= 15 is 0 Å². The lowest BCUT2D eigenvalue weighted by molar-refractivity contribution is 0.0304. The zero-order chi connectivity index (χ0) is 14.1. The largest absolute Gasteiger partial charge is 0.379 e. The summed E-state index contributed by atoms with van der Waals surface area (Å²) >= 11 is 0. The highest BCUT2D eigenvalue weighted by molar-refractivity contribution is 5.91. The van der Waals surface area contributed by atoms with Crippen LogP contribution in [0.2, 0.25) is 0 Å². The molecule has 19 heavy (non-hydrogen) atoms. The fourth-order valence-electron chi connectivity index (χ4n) is 1.37. The Balaban J connectivity index is 2.27. The molecule has 0 fully saturated rings. The SMILES string of the molecule is CC(C)COCCOCc1cccc(C(=O)NN)n1. The number of carbonyl (C=O) groups excluding carboxylic acids is 1. The van der Waals surface area contributed by atoms with Crippen molar-refractivity contribution in [1.29, 1.82) is 0 Å². The fraction of sp³-hybridized carbons (Fsp3) is 0.538. The Labute approximate surface area is 113 Å². The molecule has 1 amide bonds. The van der Waals surface area contributed by atoms with Gasteiger partial charge in [0.05, 0.1) is 25.5 Å². The van der Waals surface area contributed by atoms with E-state index in [0.29, 0.717) is 31.4 Å². The van der Waals surface area contributed by atoms with E-state index in [1.165, 1.54) is 0 Å². The number of ether oxygens (including phenoxy) is 2. The molecule has 106 valence electrons. The molecule has 0 bridgehead atoms. The van der Waals surface area contributed by atoms with Crippen molar-refractivity contribution in [2.24, 2.45) is 11.8 Å². The average Bonchev–Trinajstić information content (AvgIpc) is 2.41. The van der Waals surface area contributed by atoms with E-state index < -0.39 is 5.91 Å². The lowest BCUT2D eigenvalue weighted by Crippen LogP contribution is -2.30. The molecule has 1 rings (SSSR count). The predicted octanol–water partition coefficient (Wildman–Crippen LogP) is 0.874. The van der Waals surface area contributed by atoms with Gasteiger partial charge in [-0.3, -0.25) is 10.2 Å². The molecule has 0 aliphatic heterocycles. The molecule has 0 spiro atoms.